The molecule has 0 heterocycles. The quantitative estimate of drug-likeness (QED) is 0.609. The molecule has 0 bridgehead atoms. The summed E-state index contributed by atoms with van der Waals surface area (Å²) >= 11 is 1.87. The standard InChI is InChI=1S/C13H19NOS/c14-6-7-15-8-9-16-13-5-4-11-2-1-3-12(11)10-13/h4-5,10H,1-3,6-9,14H2. The van der Waals surface area contributed by atoms with E-state index < -0.39 is 0 Å². The van der Waals surface area contributed by atoms with Gasteiger partial charge in [-0.2, -0.15) is 0 Å². The number of rotatable bonds is 6. The molecule has 0 unspecified atom stereocenters. The van der Waals surface area contributed by atoms with Crippen molar-refractivity contribution in [2.24, 2.45) is 5.73 Å². The molecule has 16 heavy (non-hydrogen) atoms. The first-order valence-corrected chi connectivity index (χ1v) is 6.91. The van der Waals surface area contributed by atoms with E-state index in [1.165, 1.54) is 24.2 Å². The summed E-state index contributed by atoms with van der Waals surface area (Å²) < 4.78 is 5.35. The Labute approximate surface area is 102 Å². The molecule has 0 saturated heterocycles. The van der Waals surface area contributed by atoms with Crippen molar-refractivity contribution >= 4 is 11.8 Å². The van der Waals surface area contributed by atoms with E-state index in [1.54, 1.807) is 11.1 Å². The highest BCUT2D eigenvalue weighted by Crippen LogP contribution is 2.27. The molecular formula is C13H19NOS. The van der Waals surface area contributed by atoms with Gasteiger partial charge in [0, 0.05) is 17.2 Å². The van der Waals surface area contributed by atoms with Crippen molar-refractivity contribution in [3.63, 3.8) is 0 Å². The van der Waals surface area contributed by atoms with Crippen LogP contribution in [0.25, 0.3) is 0 Å². The van der Waals surface area contributed by atoms with Gasteiger partial charge in [-0.05, 0) is 42.5 Å². The van der Waals surface area contributed by atoms with Crippen LogP contribution in [-0.4, -0.2) is 25.5 Å². The molecule has 0 atom stereocenters. The number of aryl methyl sites for hydroxylation is 2. The van der Waals surface area contributed by atoms with Gasteiger partial charge in [-0.1, -0.05) is 6.07 Å². The van der Waals surface area contributed by atoms with E-state index in [1.807, 2.05) is 11.8 Å². The molecule has 1 aliphatic rings. The Kier molecular flexibility index (Phi) is 4.69. The summed E-state index contributed by atoms with van der Waals surface area (Å²) in [6.45, 7) is 2.08. The van der Waals surface area contributed by atoms with Gasteiger partial charge in [-0.3, -0.25) is 0 Å². The lowest BCUT2D eigenvalue weighted by Gasteiger charge is -2.05. The molecule has 0 amide bonds. The third-order valence-electron chi connectivity index (χ3n) is 2.83. The molecule has 0 saturated carbocycles. The topological polar surface area (TPSA) is 35.2 Å². The van der Waals surface area contributed by atoms with Gasteiger partial charge in [0.05, 0.1) is 13.2 Å². The fourth-order valence-corrected chi connectivity index (χ4v) is 2.87. The van der Waals surface area contributed by atoms with Crippen molar-refractivity contribution < 1.29 is 4.74 Å². The summed E-state index contributed by atoms with van der Waals surface area (Å²) in [6.07, 6.45) is 3.84. The first-order chi connectivity index (χ1) is 7.90. The Morgan fingerprint density at radius 1 is 1.19 bits per heavy atom. The van der Waals surface area contributed by atoms with E-state index in [2.05, 4.69) is 18.2 Å². The molecule has 1 aliphatic carbocycles. The van der Waals surface area contributed by atoms with Gasteiger partial charge in [0.2, 0.25) is 0 Å². The van der Waals surface area contributed by atoms with Crippen molar-refractivity contribution in [1.82, 2.24) is 0 Å². The predicted octanol–water partition coefficient (Wildman–Crippen LogP) is 2.24. The second-order valence-electron chi connectivity index (χ2n) is 4.03. The largest absolute Gasteiger partial charge is 0.379 e. The predicted molar refractivity (Wildman–Crippen MR) is 69.1 cm³/mol. The minimum absolute atomic E-state index is 0.615. The third kappa shape index (κ3) is 3.24. The second kappa shape index (κ2) is 6.28. The number of hydrogen-bond donors (Lipinski definition) is 1. The lowest BCUT2D eigenvalue weighted by molar-refractivity contribution is 0.158. The monoisotopic (exact) mass is 237 g/mol. The van der Waals surface area contributed by atoms with Crippen LogP contribution in [0.15, 0.2) is 23.1 Å². The summed E-state index contributed by atoms with van der Waals surface area (Å²) in [6, 6.07) is 6.86. The van der Waals surface area contributed by atoms with Crippen LogP contribution in [0.2, 0.25) is 0 Å². The molecular weight excluding hydrogens is 218 g/mol. The minimum atomic E-state index is 0.615. The van der Waals surface area contributed by atoms with Crippen molar-refractivity contribution in [3.05, 3.63) is 29.3 Å². The second-order valence-corrected chi connectivity index (χ2v) is 5.20. The Hall–Kier alpha value is -0.510. The highest BCUT2D eigenvalue weighted by molar-refractivity contribution is 7.99. The van der Waals surface area contributed by atoms with Crippen LogP contribution in [0.3, 0.4) is 0 Å². The summed E-state index contributed by atoms with van der Waals surface area (Å²) in [5.41, 5.74) is 8.45. The van der Waals surface area contributed by atoms with Crippen LogP contribution in [0, 0.1) is 0 Å². The summed E-state index contributed by atoms with van der Waals surface area (Å²) in [5.74, 6) is 1.01. The third-order valence-corrected chi connectivity index (χ3v) is 3.79. The van der Waals surface area contributed by atoms with Gasteiger partial charge >= 0.3 is 0 Å². The zero-order valence-electron chi connectivity index (χ0n) is 9.58. The van der Waals surface area contributed by atoms with Crippen molar-refractivity contribution in [1.29, 1.82) is 0 Å². The number of hydrogen-bond acceptors (Lipinski definition) is 3. The van der Waals surface area contributed by atoms with E-state index in [9.17, 15) is 0 Å². The molecule has 2 N–H and O–H groups in total. The summed E-state index contributed by atoms with van der Waals surface area (Å²) in [7, 11) is 0. The highest BCUT2D eigenvalue weighted by atomic mass is 32.2. The lowest BCUT2D eigenvalue weighted by atomic mass is 10.1. The molecule has 0 aromatic heterocycles. The molecule has 0 spiro atoms. The average molecular weight is 237 g/mol. The van der Waals surface area contributed by atoms with E-state index in [-0.39, 0.29) is 0 Å². The van der Waals surface area contributed by atoms with Crippen molar-refractivity contribution in [2.45, 2.75) is 24.2 Å². The number of nitrogens with two attached hydrogens (primary N) is 1. The van der Waals surface area contributed by atoms with Gasteiger partial charge < -0.3 is 10.5 Å². The van der Waals surface area contributed by atoms with Gasteiger partial charge in [-0.15, -0.1) is 11.8 Å². The Morgan fingerprint density at radius 2 is 2.06 bits per heavy atom. The van der Waals surface area contributed by atoms with E-state index >= 15 is 0 Å². The minimum Gasteiger partial charge on any atom is -0.379 e. The first-order valence-electron chi connectivity index (χ1n) is 5.92. The molecule has 2 rings (SSSR count). The number of thioether (sulfide) groups is 1. The van der Waals surface area contributed by atoms with Crippen LogP contribution < -0.4 is 5.73 Å². The fourth-order valence-electron chi connectivity index (χ4n) is 2.04. The zero-order valence-corrected chi connectivity index (χ0v) is 10.4. The Bertz CT molecular complexity index is 341. The van der Waals surface area contributed by atoms with E-state index in [0.29, 0.717) is 13.2 Å². The summed E-state index contributed by atoms with van der Waals surface area (Å²) in [4.78, 5) is 1.37. The van der Waals surface area contributed by atoms with Crippen LogP contribution >= 0.6 is 11.8 Å². The highest BCUT2D eigenvalue weighted by Gasteiger charge is 2.10. The normalized spacial score (nSPS) is 14.1. The maximum atomic E-state index is 5.35. The average Bonchev–Trinajstić information content (AvgIpc) is 2.76. The molecule has 0 radical (unpaired) electrons. The Balaban J connectivity index is 1.77. The fraction of sp³-hybridized carbons (Fsp3) is 0.538. The number of benzene rings is 1. The van der Waals surface area contributed by atoms with Crippen LogP contribution in [0.1, 0.15) is 17.5 Å². The Morgan fingerprint density at radius 3 is 2.94 bits per heavy atom. The maximum Gasteiger partial charge on any atom is 0.0589 e. The van der Waals surface area contributed by atoms with Crippen molar-refractivity contribution in [3.8, 4) is 0 Å². The van der Waals surface area contributed by atoms with Gasteiger partial charge in [0.1, 0.15) is 0 Å². The van der Waals surface area contributed by atoms with Gasteiger partial charge in [-0.25, -0.2) is 0 Å². The molecule has 0 fully saturated rings. The molecule has 2 nitrogen and oxygen atoms in total. The van der Waals surface area contributed by atoms with E-state index in [0.717, 1.165) is 12.4 Å². The lowest BCUT2D eigenvalue weighted by Crippen LogP contribution is -2.09. The van der Waals surface area contributed by atoms with E-state index in [4.69, 9.17) is 10.5 Å². The first kappa shape index (κ1) is 12.0. The number of ether oxygens (including phenoxy) is 1. The maximum absolute atomic E-state index is 5.35. The number of fused-ring (bicyclic) bond motifs is 1. The van der Waals surface area contributed by atoms with Gasteiger partial charge in [0.15, 0.2) is 0 Å². The molecule has 1 aromatic carbocycles. The molecule has 88 valence electrons. The zero-order chi connectivity index (χ0) is 11.2. The van der Waals surface area contributed by atoms with Gasteiger partial charge in [0.25, 0.3) is 0 Å². The molecule has 0 aliphatic heterocycles. The van der Waals surface area contributed by atoms with Crippen LogP contribution in [0.5, 0.6) is 0 Å². The SMILES string of the molecule is NCCOCCSc1ccc2c(c1)CCC2. The van der Waals surface area contributed by atoms with Crippen LogP contribution in [-0.2, 0) is 17.6 Å². The molecule has 1 aromatic rings. The van der Waals surface area contributed by atoms with Crippen LogP contribution in [0.4, 0.5) is 0 Å². The summed E-state index contributed by atoms with van der Waals surface area (Å²) in [5, 5.41) is 0. The molecule has 3 heteroatoms. The van der Waals surface area contributed by atoms with Crippen molar-refractivity contribution in [2.75, 3.05) is 25.5 Å². The smallest absolute Gasteiger partial charge is 0.0589 e.